The van der Waals surface area contributed by atoms with Gasteiger partial charge in [-0.05, 0) is 75.9 Å². The second-order valence-electron chi connectivity index (χ2n) is 17.5. The normalized spacial score (nSPS) is 11.7. The summed E-state index contributed by atoms with van der Waals surface area (Å²) >= 11 is -1.72. The Morgan fingerprint density at radius 2 is 1.33 bits per heavy atom. The number of hydrogen-bond donors (Lipinski definition) is 0. The second-order valence-corrected chi connectivity index (χ2v) is 28.2. The summed E-state index contributed by atoms with van der Waals surface area (Å²) in [6.45, 7) is 13.6. The van der Waals surface area contributed by atoms with Crippen LogP contribution in [-0.2, 0) is 20.1 Å². The Hall–Kier alpha value is -5.07. The molecule has 0 bridgehead atoms. The van der Waals surface area contributed by atoms with E-state index in [0.717, 1.165) is 55.6 Å². The molecule has 6 heteroatoms. The molecular weight excluding hydrogens is 971 g/mol. The van der Waals surface area contributed by atoms with Crippen LogP contribution in [0.1, 0.15) is 76.0 Å². The molecule has 0 saturated heterocycles. The fourth-order valence-electron chi connectivity index (χ4n) is 7.87. The summed E-state index contributed by atoms with van der Waals surface area (Å²) in [6.07, 6.45) is 2.04. The zero-order valence-electron chi connectivity index (χ0n) is 36.1. The van der Waals surface area contributed by atoms with Gasteiger partial charge in [0.25, 0.3) is 0 Å². The topological polar surface area (TPSA) is 43.9 Å². The molecule has 305 valence electrons. The van der Waals surface area contributed by atoms with Gasteiger partial charge in [0.05, 0.1) is 22.4 Å². The molecule has 0 aliphatic rings. The molecule has 0 aliphatic carbocycles. The summed E-state index contributed by atoms with van der Waals surface area (Å²) in [7, 11) is 0. The first-order valence-electron chi connectivity index (χ1n) is 20.9. The van der Waals surface area contributed by atoms with Crippen LogP contribution < -0.4 is 4.40 Å². The van der Waals surface area contributed by atoms with E-state index >= 15 is 0 Å². The molecule has 0 unspecified atom stereocenters. The van der Waals surface area contributed by atoms with Crippen LogP contribution in [0.3, 0.4) is 0 Å². The average Bonchev–Trinajstić information content (AvgIpc) is 3.82. The summed E-state index contributed by atoms with van der Waals surface area (Å²) in [4.78, 5) is 9.81. The van der Waals surface area contributed by atoms with E-state index in [1.165, 1.54) is 37.9 Å². The van der Waals surface area contributed by atoms with Crippen molar-refractivity contribution in [1.29, 1.82) is 0 Å². The summed E-state index contributed by atoms with van der Waals surface area (Å²) < 4.78 is 10.5. The van der Waals surface area contributed by atoms with Crippen LogP contribution in [0.25, 0.3) is 72.4 Å². The quantitative estimate of drug-likeness (QED) is 0.113. The molecule has 0 amide bonds. The smallest absolute Gasteiger partial charge is 0 e. The predicted octanol–water partition coefficient (Wildman–Crippen LogP) is 14.5. The molecule has 0 saturated carbocycles. The fourth-order valence-corrected chi connectivity index (χ4v) is 10.0. The number of furan rings is 1. The van der Waals surface area contributed by atoms with Crippen molar-refractivity contribution >= 4 is 50.6 Å². The standard InChI is InChI=1S/C40H37N2O.C14H16GeN.Ir/c1-24(2)28-19-20-30-31-15-12-16-32(39(31)43-37(30)23-28)40-41-35-17-10-11-18-36(35)42(40)38-33(25(3)4)21-29(22-34(38)26(5)6)27-13-8-7-9-14-27;1-15(2,3)13-9-10-14(16-11-13)12-7-5-4-6-8-12;/h7-15,17-26H,1-6H3;4-7,9-11H,1-3H3;/q2*-1;. The van der Waals surface area contributed by atoms with E-state index < -0.39 is 13.3 Å². The largest absolute Gasteiger partial charge is 0 e. The molecule has 0 N–H and O–H groups in total. The van der Waals surface area contributed by atoms with Gasteiger partial charge < -0.3 is 8.98 Å². The number of rotatable bonds is 8. The minimum Gasteiger partial charge on any atom is 0 e. The third-order valence-corrected chi connectivity index (χ3v) is 15.5. The summed E-state index contributed by atoms with van der Waals surface area (Å²) in [5, 5.41) is 2.21. The third-order valence-electron chi connectivity index (χ3n) is 11.3. The molecular formula is C54H53GeIrN3O-2. The molecule has 0 fully saturated rings. The number of imidazole rings is 1. The summed E-state index contributed by atoms with van der Waals surface area (Å²) in [5.41, 5.74) is 14.3. The Bertz CT molecular complexity index is 2860. The van der Waals surface area contributed by atoms with E-state index in [1.54, 1.807) is 0 Å². The van der Waals surface area contributed by atoms with Gasteiger partial charge in [-0.2, -0.15) is 0 Å². The zero-order valence-corrected chi connectivity index (χ0v) is 40.6. The van der Waals surface area contributed by atoms with E-state index in [4.69, 9.17) is 9.40 Å². The van der Waals surface area contributed by atoms with Gasteiger partial charge in [0.2, 0.25) is 0 Å². The van der Waals surface area contributed by atoms with Crippen LogP contribution in [0, 0.1) is 12.1 Å². The number of nitrogens with zero attached hydrogens (tertiary/aromatic N) is 3. The Kier molecular flexibility index (Phi) is 12.8. The van der Waals surface area contributed by atoms with E-state index in [-0.39, 0.29) is 20.1 Å². The number of benzene rings is 6. The zero-order chi connectivity index (χ0) is 41.4. The van der Waals surface area contributed by atoms with Gasteiger partial charge in [0, 0.05) is 31.2 Å². The van der Waals surface area contributed by atoms with Gasteiger partial charge >= 0.3 is 99.8 Å². The van der Waals surface area contributed by atoms with Crippen LogP contribution in [0.2, 0.25) is 17.3 Å². The van der Waals surface area contributed by atoms with Gasteiger partial charge in [0.1, 0.15) is 5.58 Å². The van der Waals surface area contributed by atoms with Crippen molar-refractivity contribution in [1.82, 2.24) is 14.5 Å². The number of hydrogen-bond acceptors (Lipinski definition) is 3. The van der Waals surface area contributed by atoms with Crippen LogP contribution in [-0.4, -0.2) is 27.8 Å². The molecule has 0 atom stereocenters. The van der Waals surface area contributed by atoms with E-state index in [2.05, 4.69) is 184 Å². The molecule has 6 aromatic carbocycles. The van der Waals surface area contributed by atoms with E-state index in [0.29, 0.717) is 17.8 Å². The van der Waals surface area contributed by atoms with Gasteiger partial charge in [0.15, 0.2) is 0 Å². The van der Waals surface area contributed by atoms with Crippen LogP contribution >= 0.6 is 0 Å². The molecule has 0 spiro atoms. The van der Waals surface area contributed by atoms with Crippen molar-refractivity contribution in [2.24, 2.45) is 0 Å². The Balaban J connectivity index is 0.000000270. The maximum atomic E-state index is 6.66. The first-order valence-corrected chi connectivity index (χ1v) is 28.2. The molecule has 60 heavy (non-hydrogen) atoms. The van der Waals surface area contributed by atoms with Gasteiger partial charge in [-0.25, -0.2) is 0 Å². The second kappa shape index (κ2) is 17.9. The summed E-state index contributed by atoms with van der Waals surface area (Å²) in [5.74, 6) is 9.01. The van der Waals surface area contributed by atoms with Gasteiger partial charge in [-0.3, -0.25) is 4.98 Å². The van der Waals surface area contributed by atoms with Crippen molar-refractivity contribution in [3.63, 3.8) is 0 Å². The SMILES string of the molecule is CC(C)c1ccc2c(c1)oc1c(-c3nc4ccccc4n3-c3c(C(C)C)cc(-c4ccccc4)cc3C(C)C)[c-]ccc12.[CH3][Ge]([CH3])([CH3])[c]1ccc(-c2[c-]cccc2)nc1.[Ir]. The number of fused-ring (bicyclic) bond motifs is 4. The molecule has 3 heterocycles. The minimum absolute atomic E-state index is 0. The molecule has 3 aromatic heterocycles. The Labute approximate surface area is 371 Å². The van der Waals surface area contributed by atoms with Crippen LogP contribution in [0.4, 0.5) is 0 Å². The number of pyridine rings is 1. The van der Waals surface area contributed by atoms with Crippen molar-refractivity contribution in [2.45, 2.75) is 76.6 Å². The van der Waals surface area contributed by atoms with Gasteiger partial charge in [-0.15, -0.1) is 18.2 Å². The third kappa shape index (κ3) is 8.59. The van der Waals surface area contributed by atoms with Crippen molar-refractivity contribution in [3.05, 3.63) is 168 Å². The fraction of sp³-hybridized carbons (Fsp3) is 0.222. The Morgan fingerprint density at radius 3 is 1.97 bits per heavy atom. The number of aromatic nitrogens is 3. The number of para-hydroxylation sites is 2. The van der Waals surface area contributed by atoms with Crippen LogP contribution in [0.15, 0.2) is 144 Å². The maximum absolute atomic E-state index is 6.66. The van der Waals surface area contributed by atoms with Crippen LogP contribution in [0.5, 0.6) is 0 Å². The minimum atomic E-state index is -1.72. The predicted molar refractivity (Wildman–Crippen MR) is 252 cm³/mol. The van der Waals surface area contributed by atoms with Crippen molar-refractivity contribution in [3.8, 4) is 39.5 Å². The summed E-state index contributed by atoms with van der Waals surface area (Å²) in [6, 6.07) is 53.7. The first-order chi connectivity index (χ1) is 28.4. The molecule has 0 aliphatic heterocycles. The molecule has 9 aromatic rings. The van der Waals surface area contributed by atoms with E-state index in [9.17, 15) is 0 Å². The van der Waals surface area contributed by atoms with Gasteiger partial charge in [-0.1, -0.05) is 107 Å². The Morgan fingerprint density at radius 1 is 0.633 bits per heavy atom. The maximum Gasteiger partial charge on any atom is 0 e. The molecule has 1 radical (unpaired) electrons. The molecule has 4 nitrogen and oxygen atoms in total. The average molecular weight is 1020 g/mol. The first kappa shape index (κ1) is 43.0. The van der Waals surface area contributed by atoms with Crippen molar-refractivity contribution < 1.29 is 24.5 Å². The van der Waals surface area contributed by atoms with Crippen molar-refractivity contribution in [2.75, 3.05) is 0 Å². The van der Waals surface area contributed by atoms with E-state index in [1.807, 2.05) is 36.5 Å². The monoisotopic (exact) mass is 1030 g/mol. The molecule has 9 rings (SSSR count).